The van der Waals surface area contributed by atoms with Crippen molar-refractivity contribution in [2.75, 3.05) is 6.61 Å². The molecule has 1 heterocycles. The molecule has 0 saturated heterocycles. The summed E-state index contributed by atoms with van der Waals surface area (Å²) in [6, 6.07) is 9.24. The normalized spacial score (nSPS) is 14.2. The number of aryl methyl sites for hydroxylation is 2. The lowest BCUT2D eigenvalue weighted by atomic mass is 10.0. The molecule has 0 aliphatic carbocycles. The Balaban J connectivity index is 2.30. The second kappa shape index (κ2) is 6.17. The van der Waals surface area contributed by atoms with Crippen molar-refractivity contribution in [3.8, 4) is 5.69 Å². The highest BCUT2D eigenvalue weighted by Crippen LogP contribution is 2.22. The van der Waals surface area contributed by atoms with Gasteiger partial charge in [-0.2, -0.15) is 5.10 Å². The maximum atomic E-state index is 10.1. The summed E-state index contributed by atoms with van der Waals surface area (Å²) in [5.41, 5.74) is 3.37. The molecule has 3 N–H and O–H groups in total. The topological polar surface area (TPSA) is 78.5 Å². The van der Waals surface area contributed by atoms with Gasteiger partial charge in [-0.05, 0) is 44.0 Å². The largest absolute Gasteiger partial charge is 0.396 e. The molecule has 108 valence electrons. The average Bonchev–Trinajstić information content (AvgIpc) is 2.77. The van der Waals surface area contributed by atoms with Crippen molar-refractivity contribution in [3.05, 3.63) is 47.3 Å². The van der Waals surface area contributed by atoms with Crippen molar-refractivity contribution in [1.82, 2.24) is 9.78 Å². The number of aromatic nitrogens is 2. The first kappa shape index (κ1) is 14.7. The molecule has 0 aliphatic heterocycles. The SMILES string of the molecule is Cc1cc(C)n(-c2cccc(C(O)C(O)CCO)c2)n1. The Morgan fingerprint density at radius 3 is 2.55 bits per heavy atom. The van der Waals surface area contributed by atoms with Crippen molar-refractivity contribution in [2.45, 2.75) is 32.5 Å². The zero-order valence-corrected chi connectivity index (χ0v) is 11.7. The zero-order chi connectivity index (χ0) is 14.7. The first-order chi connectivity index (χ1) is 9.52. The van der Waals surface area contributed by atoms with E-state index >= 15 is 0 Å². The van der Waals surface area contributed by atoms with Crippen LogP contribution in [0, 0.1) is 13.8 Å². The summed E-state index contributed by atoms with van der Waals surface area (Å²) in [5.74, 6) is 0. The van der Waals surface area contributed by atoms with Gasteiger partial charge in [-0.15, -0.1) is 0 Å². The molecule has 0 saturated carbocycles. The Morgan fingerprint density at radius 2 is 1.95 bits per heavy atom. The van der Waals surface area contributed by atoms with Crippen LogP contribution < -0.4 is 0 Å². The van der Waals surface area contributed by atoms with E-state index in [-0.39, 0.29) is 13.0 Å². The lowest BCUT2D eigenvalue weighted by Gasteiger charge is -2.18. The third-order valence-corrected chi connectivity index (χ3v) is 3.26. The summed E-state index contributed by atoms with van der Waals surface area (Å²) in [5, 5.41) is 33.0. The molecule has 2 atom stereocenters. The van der Waals surface area contributed by atoms with E-state index in [1.54, 1.807) is 16.8 Å². The van der Waals surface area contributed by atoms with E-state index in [1.807, 2.05) is 32.0 Å². The second-order valence-corrected chi connectivity index (χ2v) is 4.96. The van der Waals surface area contributed by atoms with Crippen molar-refractivity contribution >= 4 is 0 Å². The fourth-order valence-electron chi connectivity index (χ4n) is 2.24. The van der Waals surface area contributed by atoms with Gasteiger partial charge >= 0.3 is 0 Å². The van der Waals surface area contributed by atoms with Crippen LogP contribution in [0.25, 0.3) is 5.69 Å². The van der Waals surface area contributed by atoms with Gasteiger partial charge in [0.1, 0.15) is 6.10 Å². The Labute approximate surface area is 118 Å². The van der Waals surface area contributed by atoms with Gasteiger partial charge in [-0.25, -0.2) is 4.68 Å². The van der Waals surface area contributed by atoms with E-state index in [0.29, 0.717) is 5.56 Å². The molecule has 1 aromatic carbocycles. The van der Waals surface area contributed by atoms with Gasteiger partial charge < -0.3 is 15.3 Å². The molecule has 5 heteroatoms. The highest BCUT2D eigenvalue weighted by atomic mass is 16.3. The fraction of sp³-hybridized carbons (Fsp3) is 0.400. The monoisotopic (exact) mass is 276 g/mol. The minimum Gasteiger partial charge on any atom is -0.396 e. The molecule has 2 rings (SSSR count). The first-order valence-corrected chi connectivity index (χ1v) is 6.63. The molecule has 2 unspecified atom stereocenters. The number of hydrogen-bond donors (Lipinski definition) is 3. The quantitative estimate of drug-likeness (QED) is 0.768. The summed E-state index contributed by atoms with van der Waals surface area (Å²) in [7, 11) is 0. The van der Waals surface area contributed by atoms with Crippen LogP contribution in [0.15, 0.2) is 30.3 Å². The maximum Gasteiger partial charge on any atom is 0.105 e. The minimum absolute atomic E-state index is 0.144. The summed E-state index contributed by atoms with van der Waals surface area (Å²) in [6.07, 6.45) is -1.85. The standard InChI is InChI=1S/C15H20N2O3/c1-10-8-11(2)17(16-10)13-5-3-4-12(9-13)15(20)14(19)6-7-18/h3-5,8-9,14-15,18-20H,6-7H2,1-2H3. The molecule has 0 radical (unpaired) electrons. The Hall–Kier alpha value is -1.69. The second-order valence-electron chi connectivity index (χ2n) is 4.96. The van der Waals surface area contributed by atoms with Crippen molar-refractivity contribution in [2.24, 2.45) is 0 Å². The van der Waals surface area contributed by atoms with Crippen LogP contribution in [0.5, 0.6) is 0 Å². The molecular formula is C15H20N2O3. The predicted molar refractivity (Wildman–Crippen MR) is 75.7 cm³/mol. The molecule has 1 aromatic heterocycles. The van der Waals surface area contributed by atoms with Crippen LogP contribution in [0.4, 0.5) is 0 Å². The molecule has 0 aliphatic rings. The van der Waals surface area contributed by atoms with Gasteiger partial charge in [0, 0.05) is 12.3 Å². The molecule has 0 bridgehead atoms. The Morgan fingerprint density at radius 1 is 1.20 bits per heavy atom. The van der Waals surface area contributed by atoms with Crippen LogP contribution >= 0.6 is 0 Å². The summed E-state index contributed by atoms with van der Waals surface area (Å²) in [6.45, 7) is 3.73. The molecule has 0 spiro atoms. The van der Waals surface area contributed by atoms with Crippen molar-refractivity contribution in [1.29, 1.82) is 0 Å². The van der Waals surface area contributed by atoms with E-state index in [9.17, 15) is 10.2 Å². The Kier molecular flexibility index (Phi) is 4.54. The third kappa shape index (κ3) is 3.07. The lowest BCUT2D eigenvalue weighted by molar-refractivity contribution is 0.00421. The molecular weight excluding hydrogens is 256 g/mol. The number of rotatable bonds is 5. The third-order valence-electron chi connectivity index (χ3n) is 3.26. The number of aliphatic hydroxyl groups excluding tert-OH is 3. The smallest absolute Gasteiger partial charge is 0.105 e. The lowest BCUT2D eigenvalue weighted by Crippen LogP contribution is -2.19. The van der Waals surface area contributed by atoms with E-state index < -0.39 is 12.2 Å². The highest BCUT2D eigenvalue weighted by molar-refractivity contribution is 5.38. The number of hydrogen-bond acceptors (Lipinski definition) is 4. The number of nitrogens with zero attached hydrogens (tertiary/aromatic N) is 2. The maximum absolute atomic E-state index is 10.1. The Bertz CT molecular complexity index is 580. The minimum atomic E-state index is -1.01. The zero-order valence-electron chi connectivity index (χ0n) is 11.7. The molecule has 0 amide bonds. The van der Waals surface area contributed by atoms with Gasteiger partial charge in [0.05, 0.1) is 17.5 Å². The van der Waals surface area contributed by atoms with Crippen LogP contribution in [0.3, 0.4) is 0 Å². The van der Waals surface area contributed by atoms with Crippen LogP contribution in [-0.4, -0.2) is 37.8 Å². The summed E-state index contributed by atoms with van der Waals surface area (Å²) < 4.78 is 1.80. The van der Waals surface area contributed by atoms with Crippen LogP contribution in [0.1, 0.15) is 29.5 Å². The van der Waals surface area contributed by atoms with Gasteiger partial charge in [-0.1, -0.05) is 12.1 Å². The molecule has 20 heavy (non-hydrogen) atoms. The first-order valence-electron chi connectivity index (χ1n) is 6.63. The van der Waals surface area contributed by atoms with Crippen LogP contribution in [-0.2, 0) is 0 Å². The van der Waals surface area contributed by atoms with Gasteiger partial charge in [-0.3, -0.25) is 0 Å². The van der Waals surface area contributed by atoms with E-state index in [2.05, 4.69) is 5.10 Å². The highest BCUT2D eigenvalue weighted by Gasteiger charge is 2.18. The van der Waals surface area contributed by atoms with E-state index in [4.69, 9.17) is 5.11 Å². The fourth-order valence-corrected chi connectivity index (χ4v) is 2.24. The summed E-state index contributed by atoms with van der Waals surface area (Å²) in [4.78, 5) is 0. The van der Waals surface area contributed by atoms with Gasteiger partial charge in [0.15, 0.2) is 0 Å². The average molecular weight is 276 g/mol. The van der Waals surface area contributed by atoms with Crippen molar-refractivity contribution in [3.63, 3.8) is 0 Å². The molecule has 2 aromatic rings. The van der Waals surface area contributed by atoms with Crippen molar-refractivity contribution < 1.29 is 15.3 Å². The summed E-state index contributed by atoms with van der Waals surface area (Å²) >= 11 is 0. The molecule has 5 nitrogen and oxygen atoms in total. The van der Waals surface area contributed by atoms with E-state index in [0.717, 1.165) is 17.1 Å². The van der Waals surface area contributed by atoms with Crippen LogP contribution in [0.2, 0.25) is 0 Å². The van der Waals surface area contributed by atoms with E-state index in [1.165, 1.54) is 0 Å². The predicted octanol–water partition coefficient (Wildman–Crippen LogP) is 1.27. The number of benzene rings is 1. The molecule has 0 fully saturated rings. The van der Waals surface area contributed by atoms with Gasteiger partial charge in [0.25, 0.3) is 0 Å². The number of aliphatic hydroxyl groups is 3. The van der Waals surface area contributed by atoms with Gasteiger partial charge in [0.2, 0.25) is 0 Å².